The zero-order valence-electron chi connectivity index (χ0n) is 9.55. The second kappa shape index (κ2) is 6.38. The topological polar surface area (TPSA) is 38.3 Å². The van der Waals surface area contributed by atoms with Crippen molar-refractivity contribution >= 4 is 17.5 Å². The lowest BCUT2D eigenvalue weighted by Gasteiger charge is -2.08. The van der Waals surface area contributed by atoms with Crippen LogP contribution in [0.5, 0.6) is 5.75 Å². The molecule has 4 heteroatoms. The SMILES string of the molecule is CCC(=O)NCCOc1ccc(Cl)c(C)c1. The normalized spacial score (nSPS) is 9.94. The standard InChI is InChI=1S/C12H16ClNO2/c1-3-12(15)14-6-7-16-10-4-5-11(13)9(2)8-10/h4-5,8H,3,6-7H2,1-2H3,(H,14,15). The van der Waals surface area contributed by atoms with Gasteiger partial charge in [-0.05, 0) is 30.7 Å². The quantitative estimate of drug-likeness (QED) is 0.805. The van der Waals surface area contributed by atoms with Crippen molar-refractivity contribution in [2.45, 2.75) is 20.3 Å². The van der Waals surface area contributed by atoms with Gasteiger partial charge in [-0.1, -0.05) is 18.5 Å². The maximum atomic E-state index is 10.9. The highest BCUT2D eigenvalue weighted by molar-refractivity contribution is 6.31. The summed E-state index contributed by atoms with van der Waals surface area (Å²) < 4.78 is 5.46. The molecule has 0 aromatic heterocycles. The summed E-state index contributed by atoms with van der Waals surface area (Å²) in [6.07, 6.45) is 0.500. The number of ether oxygens (including phenoxy) is 1. The number of amides is 1. The molecule has 1 rings (SSSR count). The number of hydrogen-bond acceptors (Lipinski definition) is 2. The van der Waals surface area contributed by atoms with Gasteiger partial charge in [0, 0.05) is 11.4 Å². The van der Waals surface area contributed by atoms with Crippen molar-refractivity contribution in [3.8, 4) is 5.75 Å². The smallest absolute Gasteiger partial charge is 0.219 e. The fraction of sp³-hybridized carbons (Fsp3) is 0.417. The molecule has 0 fully saturated rings. The fourth-order valence-electron chi connectivity index (χ4n) is 1.19. The van der Waals surface area contributed by atoms with Gasteiger partial charge in [-0.2, -0.15) is 0 Å². The molecule has 1 aromatic rings. The van der Waals surface area contributed by atoms with E-state index < -0.39 is 0 Å². The molecule has 0 heterocycles. The van der Waals surface area contributed by atoms with Crippen molar-refractivity contribution in [1.29, 1.82) is 0 Å². The predicted octanol–water partition coefficient (Wildman–Crippen LogP) is 2.55. The van der Waals surface area contributed by atoms with Crippen LogP contribution in [-0.4, -0.2) is 19.1 Å². The number of nitrogens with one attached hydrogen (secondary N) is 1. The molecule has 0 aliphatic heterocycles. The molecule has 0 spiro atoms. The van der Waals surface area contributed by atoms with Crippen LogP contribution < -0.4 is 10.1 Å². The van der Waals surface area contributed by atoms with Gasteiger partial charge in [0.15, 0.2) is 0 Å². The Labute approximate surface area is 101 Å². The maximum Gasteiger partial charge on any atom is 0.219 e. The van der Waals surface area contributed by atoms with Crippen molar-refractivity contribution in [2.75, 3.05) is 13.2 Å². The molecule has 3 nitrogen and oxygen atoms in total. The molecule has 16 heavy (non-hydrogen) atoms. The third-order valence-corrected chi connectivity index (χ3v) is 2.57. The van der Waals surface area contributed by atoms with Crippen LogP contribution in [-0.2, 0) is 4.79 Å². The molecule has 0 bridgehead atoms. The molecule has 1 N–H and O–H groups in total. The highest BCUT2D eigenvalue weighted by atomic mass is 35.5. The Balaban J connectivity index is 2.32. The van der Waals surface area contributed by atoms with Gasteiger partial charge in [-0.25, -0.2) is 0 Å². The van der Waals surface area contributed by atoms with Crippen LogP contribution in [0.15, 0.2) is 18.2 Å². The van der Waals surface area contributed by atoms with Crippen LogP contribution in [0, 0.1) is 6.92 Å². The number of carbonyl (C=O) groups is 1. The van der Waals surface area contributed by atoms with E-state index in [1.54, 1.807) is 6.07 Å². The van der Waals surface area contributed by atoms with Crippen molar-refractivity contribution in [2.24, 2.45) is 0 Å². The first kappa shape index (κ1) is 12.8. The Bertz CT molecular complexity index is 366. The van der Waals surface area contributed by atoms with Crippen LogP contribution in [0.25, 0.3) is 0 Å². The summed E-state index contributed by atoms with van der Waals surface area (Å²) in [5, 5.41) is 3.47. The fourth-order valence-corrected chi connectivity index (χ4v) is 1.31. The van der Waals surface area contributed by atoms with E-state index in [-0.39, 0.29) is 5.91 Å². The summed E-state index contributed by atoms with van der Waals surface area (Å²) in [6.45, 7) is 4.73. The summed E-state index contributed by atoms with van der Waals surface area (Å²) in [5.41, 5.74) is 0.983. The molecule has 0 atom stereocenters. The number of benzene rings is 1. The number of halogens is 1. The number of aryl methyl sites for hydroxylation is 1. The van der Waals surface area contributed by atoms with Crippen LogP contribution in [0.3, 0.4) is 0 Å². The lowest BCUT2D eigenvalue weighted by atomic mass is 10.2. The number of hydrogen-bond donors (Lipinski definition) is 1. The van der Waals surface area contributed by atoms with Gasteiger partial charge < -0.3 is 10.1 Å². The first-order chi connectivity index (χ1) is 7.63. The van der Waals surface area contributed by atoms with Crippen molar-refractivity contribution in [3.63, 3.8) is 0 Å². The van der Waals surface area contributed by atoms with Gasteiger partial charge in [0.1, 0.15) is 12.4 Å². The summed E-state index contributed by atoms with van der Waals surface area (Å²) in [5.74, 6) is 0.809. The van der Waals surface area contributed by atoms with Gasteiger partial charge in [-0.15, -0.1) is 0 Å². The predicted molar refractivity (Wildman–Crippen MR) is 65.0 cm³/mol. The largest absolute Gasteiger partial charge is 0.492 e. The van der Waals surface area contributed by atoms with E-state index in [0.717, 1.165) is 16.3 Å². The lowest BCUT2D eigenvalue weighted by molar-refractivity contribution is -0.120. The minimum atomic E-state index is 0.0379. The second-order valence-corrected chi connectivity index (χ2v) is 3.87. The molecule has 88 valence electrons. The lowest BCUT2D eigenvalue weighted by Crippen LogP contribution is -2.27. The van der Waals surface area contributed by atoms with Crippen LogP contribution in [0.1, 0.15) is 18.9 Å². The third kappa shape index (κ3) is 4.11. The van der Waals surface area contributed by atoms with E-state index >= 15 is 0 Å². The van der Waals surface area contributed by atoms with Gasteiger partial charge in [0.25, 0.3) is 0 Å². The minimum absolute atomic E-state index is 0.0379. The summed E-state index contributed by atoms with van der Waals surface area (Å²) in [7, 11) is 0. The Morgan fingerprint density at radius 3 is 2.88 bits per heavy atom. The average Bonchev–Trinajstić information content (AvgIpc) is 2.28. The Morgan fingerprint density at radius 2 is 2.25 bits per heavy atom. The van der Waals surface area contributed by atoms with E-state index in [4.69, 9.17) is 16.3 Å². The zero-order chi connectivity index (χ0) is 12.0. The summed E-state index contributed by atoms with van der Waals surface area (Å²) in [6, 6.07) is 5.50. The Kier molecular flexibility index (Phi) is 5.12. The molecule has 0 saturated heterocycles. The third-order valence-electron chi connectivity index (χ3n) is 2.14. The van der Waals surface area contributed by atoms with Gasteiger partial charge in [0.05, 0.1) is 6.54 Å². The van der Waals surface area contributed by atoms with Crippen molar-refractivity contribution < 1.29 is 9.53 Å². The Hall–Kier alpha value is -1.22. The zero-order valence-corrected chi connectivity index (χ0v) is 10.3. The first-order valence-electron chi connectivity index (χ1n) is 5.29. The second-order valence-electron chi connectivity index (χ2n) is 3.46. The number of rotatable bonds is 5. The molecule has 0 unspecified atom stereocenters. The van der Waals surface area contributed by atoms with Crippen LogP contribution >= 0.6 is 11.6 Å². The van der Waals surface area contributed by atoms with E-state index in [2.05, 4.69) is 5.32 Å². The molecular formula is C12H16ClNO2. The molecule has 0 radical (unpaired) electrons. The highest BCUT2D eigenvalue weighted by Crippen LogP contribution is 2.20. The van der Waals surface area contributed by atoms with E-state index in [0.29, 0.717) is 19.6 Å². The van der Waals surface area contributed by atoms with E-state index in [9.17, 15) is 4.79 Å². The molecule has 1 aromatic carbocycles. The van der Waals surface area contributed by atoms with Crippen LogP contribution in [0.2, 0.25) is 5.02 Å². The van der Waals surface area contributed by atoms with E-state index in [1.165, 1.54) is 0 Å². The summed E-state index contributed by atoms with van der Waals surface area (Å²) in [4.78, 5) is 10.9. The molecule has 0 aliphatic carbocycles. The number of carbonyl (C=O) groups excluding carboxylic acids is 1. The van der Waals surface area contributed by atoms with Crippen molar-refractivity contribution in [3.05, 3.63) is 28.8 Å². The maximum absolute atomic E-state index is 10.9. The molecule has 0 saturated carbocycles. The molecule has 1 amide bonds. The molecule has 0 aliphatic rings. The Morgan fingerprint density at radius 1 is 1.50 bits per heavy atom. The minimum Gasteiger partial charge on any atom is -0.492 e. The van der Waals surface area contributed by atoms with Gasteiger partial charge in [-0.3, -0.25) is 4.79 Å². The highest BCUT2D eigenvalue weighted by Gasteiger charge is 1.99. The van der Waals surface area contributed by atoms with Crippen LogP contribution in [0.4, 0.5) is 0 Å². The average molecular weight is 242 g/mol. The van der Waals surface area contributed by atoms with Gasteiger partial charge >= 0.3 is 0 Å². The van der Waals surface area contributed by atoms with E-state index in [1.807, 2.05) is 26.0 Å². The summed E-state index contributed by atoms with van der Waals surface area (Å²) >= 11 is 5.89. The van der Waals surface area contributed by atoms with Gasteiger partial charge in [0.2, 0.25) is 5.91 Å². The monoisotopic (exact) mass is 241 g/mol. The van der Waals surface area contributed by atoms with Crippen molar-refractivity contribution in [1.82, 2.24) is 5.32 Å². The first-order valence-corrected chi connectivity index (χ1v) is 5.67. The molecular weight excluding hydrogens is 226 g/mol.